The van der Waals surface area contributed by atoms with Gasteiger partial charge in [-0.3, -0.25) is 14.4 Å². The molecule has 1 saturated heterocycles. The van der Waals surface area contributed by atoms with Gasteiger partial charge in [-0.15, -0.1) is 0 Å². The summed E-state index contributed by atoms with van der Waals surface area (Å²) < 4.78 is 35.3. The predicted octanol–water partition coefficient (Wildman–Crippen LogP) is 0.382. The Labute approximate surface area is 185 Å². The third kappa shape index (κ3) is 5.00. The van der Waals surface area contributed by atoms with Gasteiger partial charge in [0.2, 0.25) is 11.5 Å². The average molecular weight is 464 g/mol. The van der Waals surface area contributed by atoms with Gasteiger partial charge in [0.1, 0.15) is 5.75 Å². The molecule has 172 valence electrons. The van der Waals surface area contributed by atoms with Crippen molar-refractivity contribution >= 4 is 21.7 Å². The number of carbonyl (C=O) groups excluding carboxylic acids is 2. The molecule has 0 spiro atoms. The molecule has 1 aromatic heterocycles. The lowest BCUT2D eigenvalue weighted by Gasteiger charge is -2.33. The summed E-state index contributed by atoms with van der Waals surface area (Å²) in [6, 6.07) is 8.52. The van der Waals surface area contributed by atoms with Crippen molar-refractivity contribution in [2.75, 3.05) is 26.4 Å². The van der Waals surface area contributed by atoms with Gasteiger partial charge in [0.05, 0.1) is 17.1 Å². The minimum absolute atomic E-state index is 0.00119. The molecule has 32 heavy (non-hydrogen) atoms. The van der Waals surface area contributed by atoms with E-state index in [1.165, 1.54) is 42.6 Å². The first-order valence-electron chi connectivity index (χ1n) is 10.1. The highest BCUT2D eigenvalue weighted by molar-refractivity contribution is 7.93. The summed E-state index contributed by atoms with van der Waals surface area (Å²) in [5.41, 5.74) is 5.53. The Bertz CT molecular complexity index is 1100. The SMILES string of the molecule is NC(=O)C1(S(=O)(=O)c2ccc(OCCCNC(=O)c3ccc(=O)[nH]c3)cc2)CCOCC1. The molecule has 0 radical (unpaired) electrons. The van der Waals surface area contributed by atoms with E-state index in [4.69, 9.17) is 15.2 Å². The molecule has 0 unspecified atom stereocenters. The Morgan fingerprint density at radius 3 is 2.41 bits per heavy atom. The van der Waals surface area contributed by atoms with Crippen LogP contribution in [0.4, 0.5) is 0 Å². The zero-order valence-corrected chi connectivity index (χ0v) is 18.2. The van der Waals surface area contributed by atoms with Crippen LogP contribution in [-0.2, 0) is 19.4 Å². The highest BCUT2D eigenvalue weighted by Crippen LogP contribution is 2.35. The summed E-state index contributed by atoms with van der Waals surface area (Å²) in [6.45, 7) is 0.957. The lowest BCUT2D eigenvalue weighted by molar-refractivity contribution is -0.122. The van der Waals surface area contributed by atoms with Crippen LogP contribution in [0.15, 0.2) is 52.3 Å². The molecule has 2 heterocycles. The van der Waals surface area contributed by atoms with E-state index in [9.17, 15) is 22.8 Å². The number of nitrogens with two attached hydrogens (primary N) is 1. The molecule has 0 aliphatic carbocycles. The smallest absolute Gasteiger partial charge is 0.252 e. The second-order valence-electron chi connectivity index (χ2n) is 7.35. The number of H-pyrrole nitrogens is 1. The van der Waals surface area contributed by atoms with Gasteiger partial charge in [-0.25, -0.2) is 8.42 Å². The van der Waals surface area contributed by atoms with E-state index in [0.717, 1.165) is 0 Å². The molecule has 4 N–H and O–H groups in total. The third-order valence-corrected chi connectivity index (χ3v) is 7.85. The van der Waals surface area contributed by atoms with E-state index in [0.29, 0.717) is 30.9 Å². The molecule has 0 atom stereocenters. The quantitative estimate of drug-likeness (QED) is 0.454. The topological polar surface area (TPSA) is 158 Å². The summed E-state index contributed by atoms with van der Waals surface area (Å²) in [5, 5.41) is 2.71. The van der Waals surface area contributed by atoms with E-state index in [1.807, 2.05) is 0 Å². The summed E-state index contributed by atoms with van der Waals surface area (Å²) in [7, 11) is -3.99. The second kappa shape index (κ2) is 9.96. The maximum Gasteiger partial charge on any atom is 0.252 e. The number of nitrogens with one attached hydrogen (secondary N) is 2. The van der Waals surface area contributed by atoms with Crippen LogP contribution < -0.4 is 21.3 Å². The van der Waals surface area contributed by atoms with Crippen molar-refractivity contribution in [1.29, 1.82) is 0 Å². The predicted molar refractivity (Wildman–Crippen MR) is 115 cm³/mol. The number of carbonyl (C=O) groups is 2. The van der Waals surface area contributed by atoms with Crippen molar-refractivity contribution in [1.82, 2.24) is 10.3 Å². The van der Waals surface area contributed by atoms with Gasteiger partial charge in [-0.2, -0.15) is 0 Å². The number of rotatable bonds is 9. The van der Waals surface area contributed by atoms with Gasteiger partial charge >= 0.3 is 0 Å². The lowest BCUT2D eigenvalue weighted by Crippen LogP contribution is -2.53. The summed E-state index contributed by atoms with van der Waals surface area (Å²) >= 11 is 0. The summed E-state index contributed by atoms with van der Waals surface area (Å²) in [5.74, 6) is -0.728. The van der Waals surface area contributed by atoms with Gasteiger partial charge in [-0.1, -0.05) is 0 Å². The maximum absolute atomic E-state index is 13.1. The normalized spacial score (nSPS) is 15.6. The second-order valence-corrected chi connectivity index (χ2v) is 9.61. The van der Waals surface area contributed by atoms with Crippen molar-refractivity contribution < 1.29 is 27.5 Å². The van der Waals surface area contributed by atoms with E-state index in [1.54, 1.807) is 0 Å². The highest BCUT2D eigenvalue weighted by atomic mass is 32.2. The molecule has 1 aromatic carbocycles. The molecule has 1 aliphatic rings. The number of hydrogen-bond acceptors (Lipinski definition) is 7. The van der Waals surface area contributed by atoms with E-state index >= 15 is 0 Å². The van der Waals surface area contributed by atoms with Gasteiger partial charge < -0.3 is 25.5 Å². The molecule has 2 aromatic rings. The van der Waals surface area contributed by atoms with Crippen LogP contribution in [-0.4, -0.2) is 56.3 Å². The van der Waals surface area contributed by atoms with Crippen LogP contribution in [0.2, 0.25) is 0 Å². The first-order chi connectivity index (χ1) is 15.3. The van der Waals surface area contributed by atoms with Crippen molar-refractivity contribution in [2.24, 2.45) is 5.73 Å². The standard InChI is InChI=1S/C21H25N3O7S/c22-20(27)21(8-12-30-13-9-21)32(28,29)17-5-3-16(4-6-17)31-11-1-10-23-19(26)15-2-7-18(25)24-14-15/h2-7,14H,1,8-13H2,(H2,22,27)(H,23,26)(H,24,25). The molecule has 1 fully saturated rings. The molecule has 2 amide bonds. The Kier molecular flexibility index (Phi) is 7.31. The number of amides is 2. The van der Waals surface area contributed by atoms with Gasteiger partial charge in [0.25, 0.3) is 5.91 Å². The number of aromatic amines is 1. The highest BCUT2D eigenvalue weighted by Gasteiger charge is 2.51. The summed E-state index contributed by atoms with van der Waals surface area (Å²) in [4.78, 5) is 37.4. The molecular formula is C21H25N3O7S. The monoisotopic (exact) mass is 463 g/mol. The van der Waals surface area contributed by atoms with Crippen LogP contribution in [0.1, 0.15) is 29.6 Å². The molecule has 1 aliphatic heterocycles. The number of primary amides is 1. The largest absolute Gasteiger partial charge is 0.494 e. The first kappa shape index (κ1) is 23.5. The van der Waals surface area contributed by atoms with Crippen LogP contribution >= 0.6 is 0 Å². The Hall–Kier alpha value is -3.18. The number of benzene rings is 1. The zero-order chi connectivity index (χ0) is 23.2. The van der Waals surface area contributed by atoms with Crippen molar-refractivity contribution in [3.05, 3.63) is 58.5 Å². The summed E-state index contributed by atoms with van der Waals surface area (Å²) in [6.07, 6.45) is 1.90. The average Bonchev–Trinajstić information content (AvgIpc) is 2.79. The van der Waals surface area contributed by atoms with Crippen LogP contribution in [0.5, 0.6) is 5.75 Å². The molecule has 3 rings (SSSR count). The van der Waals surface area contributed by atoms with Gasteiger partial charge in [0, 0.05) is 32.0 Å². The lowest BCUT2D eigenvalue weighted by atomic mass is 9.98. The molecule has 0 bridgehead atoms. The van der Waals surface area contributed by atoms with Gasteiger partial charge in [0.15, 0.2) is 14.6 Å². The van der Waals surface area contributed by atoms with Gasteiger partial charge in [-0.05, 0) is 49.6 Å². The fourth-order valence-corrected chi connectivity index (χ4v) is 5.32. The fraction of sp³-hybridized carbons (Fsp3) is 0.381. The minimum atomic E-state index is -3.99. The fourth-order valence-electron chi connectivity index (χ4n) is 3.41. The van der Waals surface area contributed by atoms with E-state index in [2.05, 4.69) is 10.3 Å². The third-order valence-electron chi connectivity index (χ3n) is 5.32. The number of pyridine rings is 1. The number of ether oxygens (including phenoxy) is 2. The van der Waals surface area contributed by atoms with E-state index in [-0.39, 0.29) is 42.4 Å². The molecule has 10 nitrogen and oxygen atoms in total. The maximum atomic E-state index is 13.1. The van der Waals surface area contributed by atoms with Crippen molar-refractivity contribution in [2.45, 2.75) is 28.9 Å². The Morgan fingerprint density at radius 1 is 1.12 bits per heavy atom. The first-order valence-corrected chi connectivity index (χ1v) is 11.6. The van der Waals surface area contributed by atoms with Crippen LogP contribution in [0.25, 0.3) is 0 Å². The van der Waals surface area contributed by atoms with E-state index < -0.39 is 20.5 Å². The Morgan fingerprint density at radius 2 is 1.81 bits per heavy atom. The Balaban J connectivity index is 1.52. The molecule has 11 heteroatoms. The number of aromatic nitrogens is 1. The number of sulfone groups is 1. The minimum Gasteiger partial charge on any atom is -0.494 e. The molecule has 0 saturated carbocycles. The van der Waals surface area contributed by atoms with Crippen LogP contribution in [0, 0.1) is 0 Å². The van der Waals surface area contributed by atoms with Crippen LogP contribution in [0.3, 0.4) is 0 Å². The zero-order valence-electron chi connectivity index (χ0n) is 17.3. The number of hydrogen-bond donors (Lipinski definition) is 3. The van der Waals surface area contributed by atoms with Crippen molar-refractivity contribution in [3.63, 3.8) is 0 Å². The molecular weight excluding hydrogens is 438 g/mol. The van der Waals surface area contributed by atoms with Crippen molar-refractivity contribution in [3.8, 4) is 5.75 Å².